The molecule has 0 aliphatic rings. The second-order valence-corrected chi connectivity index (χ2v) is 4.90. The molecule has 0 fully saturated rings. The van der Waals surface area contributed by atoms with E-state index in [1.807, 2.05) is 0 Å². The number of carbonyl (C=O) groups is 2. The van der Waals surface area contributed by atoms with Gasteiger partial charge in [-0.1, -0.05) is 18.2 Å². The third-order valence-electron chi connectivity index (χ3n) is 2.95. The first-order chi connectivity index (χ1) is 11.0. The van der Waals surface area contributed by atoms with Crippen LogP contribution >= 0.6 is 12.2 Å². The zero-order chi connectivity index (χ0) is 16.8. The van der Waals surface area contributed by atoms with E-state index in [-0.39, 0.29) is 10.7 Å². The minimum Gasteiger partial charge on any atom is -0.496 e. The number of methoxy groups -OCH3 is 1. The lowest BCUT2D eigenvalue weighted by Gasteiger charge is -2.11. The van der Waals surface area contributed by atoms with E-state index in [4.69, 9.17) is 22.1 Å². The summed E-state index contributed by atoms with van der Waals surface area (Å²) >= 11 is 5.07. The summed E-state index contributed by atoms with van der Waals surface area (Å²) < 4.78 is 5.12. The lowest BCUT2D eigenvalue weighted by atomic mass is 10.2. The van der Waals surface area contributed by atoms with Gasteiger partial charge in [0.2, 0.25) is 0 Å². The standard InChI is InChI=1S/C16H14N2O4S/c1-22-13-8-3-2-7-12(13)14(19)18-16(23)17-11-6-4-5-10(9-11)15(20)21/h2-9H,1H3,(H,20,21)(H2,17,18,19,23). The van der Waals surface area contributed by atoms with Gasteiger partial charge in [-0.05, 0) is 42.5 Å². The maximum atomic E-state index is 12.2. The molecular formula is C16H14N2O4S. The molecule has 0 saturated heterocycles. The van der Waals surface area contributed by atoms with Crippen molar-refractivity contribution in [1.29, 1.82) is 0 Å². The molecule has 0 saturated carbocycles. The fourth-order valence-corrected chi connectivity index (χ4v) is 2.11. The molecule has 2 aromatic carbocycles. The Kier molecular flexibility index (Phi) is 5.27. The first-order valence-electron chi connectivity index (χ1n) is 6.60. The number of anilines is 1. The molecule has 0 aromatic heterocycles. The first-order valence-corrected chi connectivity index (χ1v) is 7.01. The van der Waals surface area contributed by atoms with Crippen molar-refractivity contribution < 1.29 is 19.4 Å². The van der Waals surface area contributed by atoms with Crippen LogP contribution in [0.15, 0.2) is 48.5 Å². The number of carboxylic acid groups (broad SMARTS) is 1. The topological polar surface area (TPSA) is 87.7 Å². The maximum absolute atomic E-state index is 12.2. The third-order valence-corrected chi connectivity index (χ3v) is 3.15. The molecule has 118 valence electrons. The van der Waals surface area contributed by atoms with Crippen LogP contribution in [-0.2, 0) is 0 Å². The summed E-state index contributed by atoms with van der Waals surface area (Å²) in [4.78, 5) is 23.1. The van der Waals surface area contributed by atoms with Crippen LogP contribution in [-0.4, -0.2) is 29.2 Å². The number of para-hydroxylation sites is 1. The summed E-state index contributed by atoms with van der Waals surface area (Å²) in [7, 11) is 1.47. The van der Waals surface area contributed by atoms with Gasteiger partial charge in [0.1, 0.15) is 5.75 Å². The number of carboxylic acids is 1. The minimum absolute atomic E-state index is 0.0587. The summed E-state index contributed by atoms with van der Waals surface area (Å²) in [5.41, 5.74) is 0.933. The Bertz CT molecular complexity index is 761. The smallest absolute Gasteiger partial charge is 0.335 e. The van der Waals surface area contributed by atoms with E-state index >= 15 is 0 Å². The van der Waals surface area contributed by atoms with Crippen molar-refractivity contribution in [2.75, 3.05) is 12.4 Å². The van der Waals surface area contributed by atoms with Crippen LogP contribution < -0.4 is 15.4 Å². The average molecular weight is 330 g/mol. The summed E-state index contributed by atoms with van der Waals surface area (Å²) in [5, 5.41) is 14.3. The number of hydrogen-bond acceptors (Lipinski definition) is 4. The van der Waals surface area contributed by atoms with Crippen molar-refractivity contribution in [2.45, 2.75) is 0 Å². The van der Waals surface area contributed by atoms with E-state index in [0.717, 1.165) is 0 Å². The Morgan fingerprint density at radius 3 is 2.57 bits per heavy atom. The SMILES string of the molecule is COc1ccccc1C(=O)NC(=S)Nc1cccc(C(=O)O)c1. The number of rotatable bonds is 4. The van der Waals surface area contributed by atoms with Gasteiger partial charge in [-0.3, -0.25) is 10.1 Å². The largest absolute Gasteiger partial charge is 0.496 e. The highest BCUT2D eigenvalue weighted by atomic mass is 32.1. The number of nitrogens with one attached hydrogen (secondary N) is 2. The number of hydrogen-bond donors (Lipinski definition) is 3. The lowest BCUT2D eigenvalue weighted by molar-refractivity contribution is 0.0696. The molecule has 1 amide bonds. The van der Waals surface area contributed by atoms with Crippen LogP contribution in [0.25, 0.3) is 0 Å². The molecule has 2 rings (SSSR count). The van der Waals surface area contributed by atoms with Gasteiger partial charge in [0.05, 0.1) is 18.2 Å². The number of amides is 1. The van der Waals surface area contributed by atoms with Gasteiger partial charge in [-0.2, -0.15) is 0 Å². The van der Waals surface area contributed by atoms with Crippen molar-refractivity contribution in [3.05, 3.63) is 59.7 Å². The van der Waals surface area contributed by atoms with E-state index in [1.165, 1.54) is 19.2 Å². The average Bonchev–Trinajstić information content (AvgIpc) is 2.54. The summed E-state index contributed by atoms with van der Waals surface area (Å²) in [5.74, 6) is -1.03. The van der Waals surface area contributed by atoms with Crippen LogP contribution in [0, 0.1) is 0 Å². The van der Waals surface area contributed by atoms with Gasteiger partial charge >= 0.3 is 5.97 Å². The van der Waals surface area contributed by atoms with Gasteiger partial charge in [-0.15, -0.1) is 0 Å². The molecule has 6 nitrogen and oxygen atoms in total. The highest BCUT2D eigenvalue weighted by Gasteiger charge is 2.13. The van der Waals surface area contributed by atoms with Crippen molar-refractivity contribution in [3.63, 3.8) is 0 Å². The van der Waals surface area contributed by atoms with Crippen molar-refractivity contribution >= 4 is 34.9 Å². The van der Waals surface area contributed by atoms with E-state index in [2.05, 4.69) is 10.6 Å². The Balaban J connectivity index is 2.06. The fraction of sp³-hybridized carbons (Fsp3) is 0.0625. The van der Waals surface area contributed by atoms with Gasteiger partial charge in [0, 0.05) is 5.69 Å². The summed E-state index contributed by atoms with van der Waals surface area (Å²) in [6.45, 7) is 0. The van der Waals surface area contributed by atoms with E-state index in [1.54, 1.807) is 36.4 Å². The molecular weight excluding hydrogens is 316 g/mol. The second kappa shape index (κ2) is 7.37. The van der Waals surface area contributed by atoms with E-state index in [9.17, 15) is 9.59 Å². The molecule has 3 N–H and O–H groups in total. The Labute approximate surface area is 138 Å². The number of ether oxygens (including phenoxy) is 1. The van der Waals surface area contributed by atoms with Crippen LogP contribution in [0.3, 0.4) is 0 Å². The molecule has 0 aliphatic heterocycles. The number of thiocarbonyl (C=S) groups is 1. The second-order valence-electron chi connectivity index (χ2n) is 4.49. The van der Waals surface area contributed by atoms with Crippen LogP contribution in [0.2, 0.25) is 0 Å². The quantitative estimate of drug-likeness (QED) is 0.747. The molecule has 23 heavy (non-hydrogen) atoms. The van der Waals surface area contributed by atoms with Crippen LogP contribution in [0.1, 0.15) is 20.7 Å². The summed E-state index contributed by atoms with van der Waals surface area (Å²) in [6.07, 6.45) is 0. The fourth-order valence-electron chi connectivity index (χ4n) is 1.90. The first kappa shape index (κ1) is 16.4. The normalized spacial score (nSPS) is 9.78. The third kappa shape index (κ3) is 4.27. The van der Waals surface area contributed by atoms with E-state index < -0.39 is 11.9 Å². The van der Waals surface area contributed by atoms with Gasteiger partial charge in [0.15, 0.2) is 5.11 Å². The highest BCUT2D eigenvalue weighted by Crippen LogP contribution is 2.17. The van der Waals surface area contributed by atoms with Crippen molar-refractivity contribution in [3.8, 4) is 5.75 Å². The predicted molar refractivity (Wildman–Crippen MR) is 90.1 cm³/mol. The lowest BCUT2D eigenvalue weighted by Crippen LogP contribution is -2.34. The number of carbonyl (C=O) groups excluding carboxylic acids is 1. The number of aromatic carboxylic acids is 1. The Morgan fingerprint density at radius 2 is 1.87 bits per heavy atom. The molecule has 0 atom stereocenters. The minimum atomic E-state index is -1.04. The molecule has 2 aromatic rings. The highest BCUT2D eigenvalue weighted by molar-refractivity contribution is 7.80. The molecule has 0 heterocycles. The van der Waals surface area contributed by atoms with Crippen molar-refractivity contribution in [1.82, 2.24) is 5.32 Å². The molecule has 7 heteroatoms. The maximum Gasteiger partial charge on any atom is 0.335 e. The van der Waals surface area contributed by atoms with Crippen LogP contribution in [0.4, 0.5) is 5.69 Å². The van der Waals surface area contributed by atoms with Gasteiger partial charge in [-0.25, -0.2) is 4.79 Å². The molecule has 0 radical (unpaired) electrons. The monoisotopic (exact) mass is 330 g/mol. The van der Waals surface area contributed by atoms with Crippen molar-refractivity contribution in [2.24, 2.45) is 0 Å². The zero-order valence-electron chi connectivity index (χ0n) is 12.2. The van der Waals surface area contributed by atoms with Crippen LogP contribution in [0.5, 0.6) is 5.75 Å². The van der Waals surface area contributed by atoms with Gasteiger partial charge in [0.25, 0.3) is 5.91 Å². The molecule has 0 aliphatic carbocycles. The Hall–Kier alpha value is -2.93. The predicted octanol–water partition coefficient (Wildman–Crippen LogP) is 2.52. The molecule has 0 unspecified atom stereocenters. The summed E-state index contributed by atoms with van der Waals surface area (Å²) in [6, 6.07) is 12.9. The molecule has 0 bridgehead atoms. The van der Waals surface area contributed by atoms with Gasteiger partial charge < -0.3 is 15.2 Å². The zero-order valence-corrected chi connectivity index (χ0v) is 13.0. The Morgan fingerprint density at radius 1 is 1.13 bits per heavy atom. The number of benzene rings is 2. The van der Waals surface area contributed by atoms with E-state index in [0.29, 0.717) is 17.0 Å². The molecule has 0 spiro atoms.